The molecule has 0 saturated carbocycles. The van der Waals surface area contributed by atoms with Gasteiger partial charge in [0.15, 0.2) is 5.75 Å². The minimum Gasteiger partial charge on any atom is -0.494 e. The molecule has 0 spiro atoms. The molecule has 188 valence electrons. The molecule has 4 aromatic carbocycles. The molecule has 0 atom stereocenters. The Morgan fingerprint density at radius 1 is 0.649 bits per heavy atom. The van der Waals surface area contributed by atoms with Gasteiger partial charge in [0, 0.05) is 15.9 Å². The molecule has 3 nitrogen and oxygen atoms in total. The smallest absolute Gasteiger partial charge is 0.308 e. The first kappa shape index (κ1) is 27.6. The van der Waals surface area contributed by atoms with Crippen molar-refractivity contribution < 1.29 is 14.3 Å². The number of carbonyl (C=O) groups is 1. The predicted molar refractivity (Wildman–Crippen MR) is 168 cm³/mol. The van der Waals surface area contributed by atoms with E-state index in [9.17, 15) is 4.79 Å². The summed E-state index contributed by atoms with van der Waals surface area (Å²) in [6.07, 6.45) is 0. The predicted octanol–water partition coefficient (Wildman–Crippen LogP) is 10.6. The van der Waals surface area contributed by atoms with Gasteiger partial charge in [-0.2, -0.15) is 0 Å². The second-order valence-corrected chi connectivity index (χ2v) is 13.7. The Morgan fingerprint density at radius 2 is 1.05 bits per heavy atom. The van der Waals surface area contributed by atoms with Gasteiger partial charge in [-0.1, -0.05) is 44.0 Å². The molecule has 0 fully saturated rings. The van der Waals surface area contributed by atoms with Crippen LogP contribution in [0.2, 0.25) is 0 Å². The second kappa shape index (κ2) is 10.5. The Balaban J connectivity index is 1.96. The third-order valence-electron chi connectivity index (χ3n) is 6.37. The standard InChI is InChI=1S/C28H16Br6O3/c1-13(35)37-27-24(33)9-15(10-25(27)34)28(14-7-22(31)26(36-2)23(32)8-14)20-11-16(29)3-5-18(20)19-6-4-17(30)12-21(19)28/h3-12H,1-2H3. The van der Waals surface area contributed by atoms with Crippen molar-refractivity contribution in [3.63, 3.8) is 0 Å². The van der Waals surface area contributed by atoms with Crippen LogP contribution >= 0.6 is 95.6 Å². The van der Waals surface area contributed by atoms with Crippen molar-refractivity contribution in [3.8, 4) is 22.6 Å². The van der Waals surface area contributed by atoms with Gasteiger partial charge in [0.1, 0.15) is 5.75 Å². The number of halogens is 6. The van der Waals surface area contributed by atoms with E-state index in [1.807, 2.05) is 12.1 Å². The maximum atomic E-state index is 11.8. The van der Waals surface area contributed by atoms with Gasteiger partial charge in [0.2, 0.25) is 0 Å². The van der Waals surface area contributed by atoms with E-state index in [0.29, 0.717) is 20.4 Å². The third-order valence-corrected chi connectivity index (χ3v) is 9.72. The third kappa shape index (κ3) is 4.61. The molecular weight excluding hydrogens is 864 g/mol. The van der Waals surface area contributed by atoms with Crippen molar-refractivity contribution >= 4 is 102 Å². The molecule has 0 heterocycles. The maximum Gasteiger partial charge on any atom is 0.308 e. The summed E-state index contributed by atoms with van der Waals surface area (Å²) < 4.78 is 16.1. The van der Waals surface area contributed by atoms with Crippen LogP contribution in [0.1, 0.15) is 29.2 Å². The zero-order chi connectivity index (χ0) is 26.6. The van der Waals surface area contributed by atoms with Crippen LogP contribution in [0.4, 0.5) is 0 Å². The molecule has 1 aliphatic carbocycles. The lowest BCUT2D eigenvalue weighted by atomic mass is 9.67. The Hall–Kier alpha value is -0.970. The van der Waals surface area contributed by atoms with Crippen LogP contribution in [0, 0.1) is 0 Å². The van der Waals surface area contributed by atoms with Crippen molar-refractivity contribution in [1.82, 2.24) is 0 Å². The maximum absolute atomic E-state index is 11.8. The zero-order valence-electron chi connectivity index (χ0n) is 19.3. The molecule has 1 aliphatic rings. The van der Waals surface area contributed by atoms with E-state index in [-0.39, 0.29) is 0 Å². The van der Waals surface area contributed by atoms with Gasteiger partial charge in [-0.15, -0.1) is 0 Å². The van der Waals surface area contributed by atoms with Crippen LogP contribution in [-0.2, 0) is 10.2 Å². The van der Waals surface area contributed by atoms with Gasteiger partial charge < -0.3 is 9.47 Å². The topological polar surface area (TPSA) is 35.5 Å². The zero-order valence-corrected chi connectivity index (χ0v) is 28.8. The van der Waals surface area contributed by atoms with E-state index < -0.39 is 11.4 Å². The number of rotatable bonds is 4. The first-order valence-corrected chi connectivity index (χ1v) is 15.7. The Labute approximate surface area is 265 Å². The van der Waals surface area contributed by atoms with Crippen LogP contribution in [-0.4, -0.2) is 13.1 Å². The van der Waals surface area contributed by atoms with E-state index >= 15 is 0 Å². The summed E-state index contributed by atoms with van der Waals surface area (Å²) in [7, 11) is 1.65. The van der Waals surface area contributed by atoms with E-state index in [4.69, 9.17) is 9.47 Å². The number of fused-ring (bicyclic) bond motifs is 3. The molecule has 0 aromatic heterocycles. The molecule has 4 aromatic rings. The summed E-state index contributed by atoms with van der Waals surface area (Å²) in [5.74, 6) is 0.759. The number of methoxy groups -OCH3 is 1. The lowest BCUT2D eigenvalue weighted by Gasteiger charge is -2.35. The van der Waals surface area contributed by atoms with Gasteiger partial charge in [-0.3, -0.25) is 4.79 Å². The van der Waals surface area contributed by atoms with Gasteiger partial charge >= 0.3 is 5.97 Å². The Morgan fingerprint density at radius 3 is 1.43 bits per heavy atom. The van der Waals surface area contributed by atoms with Crippen LogP contribution in [0.25, 0.3) is 11.1 Å². The fourth-order valence-electron chi connectivity index (χ4n) is 5.05. The summed E-state index contributed by atoms with van der Waals surface area (Å²) in [6.45, 7) is 1.39. The fourth-order valence-corrected chi connectivity index (χ4v) is 8.63. The first-order chi connectivity index (χ1) is 17.6. The highest BCUT2D eigenvalue weighted by Gasteiger charge is 2.47. The lowest BCUT2D eigenvalue weighted by Crippen LogP contribution is -2.29. The molecule has 0 saturated heterocycles. The SMILES string of the molecule is COc1c(Br)cc(C2(c3cc(Br)c(OC(C)=O)c(Br)c3)c3cc(Br)ccc3-c3ccc(Br)cc32)cc1Br. The summed E-state index contributed by atoms with van der Waals surface area (Å²) in [6, 6.07) is 21.0. The summed E-state index contributed by atoms with van der Waals surface area (Å²) in [5.41, 5.74) is 5.84. The van der Waals surface area contributed by atoms with E-state index in [0.717, 1.165) is 51.3 Å². The quantitative estimate of drug-likeness (QED) is 0.133. The molecule has 0 aliphatic heterocycles. The molecule has 37 heavy (non-hydrogen) atoms. The van der Waals surface area contributed by atoms with Crippen molar-refractivity contribution in [1.29, 1.82) is 0 Å². The van der Waals surface area contributed by atoms with Gasteiger partial charge in [0.25, 0.3) is 0 Å². The van der Waals surface area contributed by atoms with Crippen molar-refractivity contribution in [2.75, 3.05) is 7.11 Å². The monoisotopic (exact) mass is 874 g/mol. The number of carbonyl (C=O) groups excluding carboxylic acids is 1. The highest BCUT2D eigenvalue weighted by Crippen LogP contribution is 2.59. The molecule has 0 N–H and O–H groups in total. The van der Waals surface area contributed by atoms with E-state index in [1.165, 1.54) is 6.92 Å². The molecule has 9 heteroatoms. The minimum atomic E-state index is -0.713. The lowest BCUT2D eigenvalue weighted by molar-refractivity contribution is -0.131. The molecular formula is C28H16Br6O3. The van der Waals surface area contributed by atoms with Gasteiger partial charge in [-0.05, 0) is 146 Å². The molecule has 5 rings (SSSR count). The molecule has 0 unspecified atom stereocenters. The molecule has 0 radical (unpaired) electrons. The molecule has 0 bridgehead atoms. The number of hydrogen-bond donors (Lipinski definition) is 0. The van der Waals surface area contributed by atoms with Gasteiger partial charge in [-0.25, -0.2) is 0 Å². The fraction of sp³-hybridized carbons (Fsp3) is 0.107. The van der Waals surface area contributed by atoms with Crippen molar-refractivity contribution in [2.24, 2.45) is 0 Å². The average Bonchev–Trinajstić information content (AvgIpc) is 3.10. The second-order valence-electron chi connectivity index (χ2n) is 8.47. The number of ether oxygens (including phenoxy) is 2. The summed E-state index contributed by atoms with van der Waals surface area (Å²) in [5, 5.41) is 0. The number of benzene rings is 4. The van der Waals surface area contributed by atoms with E-state index in [1.54, 1.807) is 7.11 Å². The van der Waals surface area contributed by atoms with Crippen LogP contribution in [0.3, 0.4) is 0 Å². The van der Waals surface area contributed by atoms with Crippen molar-refractivity contribution in [2.45, 2.75) is 12.3 Å². The first-order valence-electron chi connectivity index (χ1n) is 10.9. The van der Waals surface area contributed by atoms with E-state index in [2.05, 4.69) is 144 Å². The Bertz CT molecular complexity index is 1500. The Kier molecular flexibility index (Phi) is 7.86. The van der Waals surface area contributed by atoms with Crippen LogP contribution in [0.15, 0.2) is 87.5 Å². The average molecular weight is 880 g/mol. The largest absolute Gasteiger partial charge is 0.494 e. The molecule has 0 amide bonds. The van der Waals surface area contributed by atoms with Crippen LogP contribution < -0.4 is 9.47 Å². The normalized spacial score (nSPS) is 13.2. The van der Waals surface area contributed by atoms with Gasteiger partial charge in [0.05, 0.1) is 30.4 Å². The summed E-state index contributed by atoms with van der Waals surface area (Å²) in [4.78, 5) is 11.8. The number of esters is 1. The van der Waals surface area contributed by atoms with Crippen molar-refractivity contribution in [3.05, 3.63) is 110 Å². The van der Waals surface area contributed by atoms with Crippen LogP contribution in [0.5, 0.6) is 11.5 Å². The highest BCUT2D eigenvalue weighted by atomic mass is 79.9. The highest BCUT2D eigenvalue weighted by molar-refractivity contribution is 9.11. The summed E-state index contributed by atoms with van der Waals surface area (Å²) >= 11 is 22.2. The minimum absolute atomic E-state index is 0.392. The number of hydrogen-bond acceptors (Lipinski definition) is 3.